The Morgan fingerprint density at radius 2 is 2.25 bits per heavy atom. The molecule has 2 rings (SSSR count). The molecular weight excluding hydrogens is 261 g/mol. The van der Waals surface area contributed by atoms with Gasteiger partial charge in [-0.05, 0) is 49.9 Å². The number of aliphatic carboxylic acids is 1. The number of aromatic hydroxyl groups is 1. The van der Waals surface area contributed by atoms with Crippen LogP contribution in [-0.4, -0.2) is 34.2 Å². The topological polar surface area (TPSA) is 60.8 Å². The van der Waals surface area contributed by atoms with Crippen molar-refractivity contribution in [1.82, 2.24) is 4.90 Å². The first-order valence-corrected chi connectivity index (χ1v) is 6.96. The van der Waals surface area contributed by atoms with Crippen molar-refractivity contribution in [3.8, 4) is 5.75 Å². The Labute approximate surface area is 117 Å². The van der Waals surface area contributed by atoms with Crippen LogP contribution in [0.25, 0.3) is 0 Å². The lowest BCUT2D eigenvalue weighted by Gasteiger charge is -2.32. The van der Waals surface area contributed by atoms with Crippen LogP contribution in [0.4, 0.5) is 4.39 Å². The monoisotopic (exact) mass is 281 g/mol. The maximum atomic E-state index is 13.2. The SMILES string of the molecule is O=C(O)CCC1CCCN(Cc2cc(F)ccc2O)C1. The summed E-state index contributed by atoms with van der Waals surface area (Å²) in [5, 5.41) is 18.5. The maximum absolute atomic E-state index is 13.2. The van der Waals surface area contributed by atoms with Crippen molar-refractivity contribution in [1.29, 1.82) is 0 Å². The fraction of sp³-hybridized carbons (Fsp3) is 0.533. The number of rotatable bonds is 5. The molecule has 0 bridgehead atoms. The average molecular weight is 281 g/mol. The van der Waals surface area contributed by atoms with Gasteiger partial charge in [-0.1, -0.05) is 0 Å². The third-order valence-electron chi connectivity index (χ3n) is 3.81. The van der Waals surface area contributed by atoms with Gasteiger partial charge in [0.1, 0.15) is 11.6 Å². The van der Waals surface area contributed by atoms with Gasteiger partial charge in [-0.3, -0.25) is 9.69 Å². The Morgan fingerprint density at radius 1 is 1.45 bits per heavy atom. The maximum Gasteiger partial charge on any atom is 0.303 e. The van der Waals surface area contributed by atoms with Gasteiger partial charge in [0.05, 0.1) is 0 Å². The van der Waals surface area contributed by atoms with Crippen molar-refractivity contribution in [3.05, 3.63) is 29.6 Å². The molecule has 1 unspecified atom stereocenters. The molecule has 2 N–H and O–H groups in total. The summed E-state index contributed by atoms with van der Waals surface area (Å²) < 4.78 is 13.2. The zero-order valence-corrected chi connectivity index (χ0v) is 11.4. The summed E-state index contributed by atoms with van der Waals surface area (Å²) in [6, 6.07) is 3.97. The number of hydrogen-bond donors (Lipinski definition) is 2. The molecular formula is C15H20FNO3. The molecule has 1 fully saturated rings. The molecule has 0 radical (unpaired) electrons. The molecule has 1 aliphatic heterocycles. The second kappa shape index (κ2) is 6.70. The Kier molecular flexibility index (Phi) is 4.95. The summed E-state index contributed by atoms with van der Waals surface area (Å²) in [5.41, 5.74) is 0.587. The van der Waals surface area contributed by atoms with Gasteiger partial charge in [0.15, 0.2) is 0 Å². The molecule has 0 aromatic heterocycles. The van der Waals surface area contributed by atoms with E-state index in [0.29, 0.717) is 24.4 Å². The first-order valence-electron chi connectivity index (χ1n) is 6.96. The van der Waals surface area contributed by atoms with E-state index in [1.807, 2.05) is 0 Å². The summed E-state index contributed by atoms with van der Waals surface area (Å²) in [4.78, 5) is 12.8. The summed E-state index contributed by atoms with van der Waals surface area (Å²) >= 11 is 0. The number of benzene rings is 1. The van der Waals surface area contributed by atoms with Crippen LogP contribution in [0.2, 0.25) is 0 Å². The average Bonchev–Trinajstić information content (AvgIpc) is 2.41. The van der Waals surface area contributed by atoms with Crippen LogP contribution in [0.15, 0.2) is 18.2 Å². The third-order valence-corrected chi connectivity index (χ3v) is 3.81. The van der Waals surface area contributed by atoms with Crippen molar-refractivity contribution in [3.63, 3.8) is 0 Å². The van der Waals surface area contributed by atoms with Crippen LogP contribution >= 0.6 is 0 Å². The first-order chi connectivity index (χ1) is 9.54. The largest absolute Gasteiger partial charge is 0.508 e. The number of phenols is 1. The Bertz CT molecular complexity index is 478. The highest BCUT2D eigenvalue weighted by molar-refractivity contribution is 5.66. The lowest BCUT2D eigenvalue weighted by Crippen LogP contribution is -2.35. The fourth-order valence-electron chi connectivity index (χ4n) is 2.78. The number of carboxylic acid groups (broad SMARTS) is 1. The second-order valence-electron chi connectivity index (χ2n) is 5.45. The smallest absolute Gasteiger partial charge is 0.303 e. The summed E-state index contributed by atoms with van der Waals surface area (Å²) in [7, 11) is 0. The number of likely N-dealkylation sites (tertiary alicyclic amines) is 1. The van der Waals surface area contributed by atoms with Crippen LogP contribution in [-0.2, 0) is 11.3 Å². The Hall–Kier alpha value is -1.62. The first kappa shape index (κ1) is 14.8. The van der Waals surface area contributed by atoms with E-state index in [2.05, 4.69) is 4.90 Å². The van der Waals surface area contributed by atoms with Crippen LogP contribution in [0.3, 0.4) is 0 Å². The van der Waals surface area contributed by atoms with Crippen LogP contribution in [0.1, 0.15) is 31.2 Å². The van der Waals surface area contributed by atoms with Crippen molar-refractivity contribution in [2.45, 2.75) is 32.2 Å². The third kappa shape index (κ3) is 4.20. The van der Waals surface area contributed by atoms with Gasteiger partial charge < -0.3 is 10.2 Å². The predicted molar refractivity (Wildman–Crippen MR) is 72.9 cm³/mol. The summed E-state index contributed by atoms with van der Waals surface area (Å²) in [5.74, 6) is -0.628. The molecule has 0 aliphatic carbocycles. The molecule has 4 nitrogen and oxygen atoms in total. The van der Waals surface area contributed by atoms with Gasteiger partial charge >= 0.3 is 5.97 Å². The number of halogens is 1. The molecule has 1 atom stereocenters. The lowest BCUT2D eigenvalue weighted by atomic mass is 9.93. The minimum atomic E-state index is -0.759. The number of nitrogens with zero attached hydrogens (tertiary/aromatic N) is 1. The standard InChI is InChI=1S/C15H20FNO3/c16-13-4-5-14(18)12(8-13)10-17-7-1-2-11(9-17)3-6-15(19)20/h4-5,8,11,18H,1-3,6-7,9-10H2,(H,19,20). The summed E-state index contributed by atoms with van der Waals surface area (Å²) in [6.07, 6.45) is 2.93. The Morgan fingerprint density at radius 3 is 3.00 bits per heavy atom. The van der Waals surface area contributed by atoms with E-state index in [9.17, 15) is 14.3 Å². The Balaban J connectivity index is 1.92. The van der Waals surface area contributed by atoms with E-state index in [1.165, 1.54) is 18.2 Å². The van der Waals surface area contributed by atoms with E-state index >= 15 is 0 Å². The number of phenolic OH excluding ortho intramolecular Hbond substituents is 1. The van der Waals surface area contributed by atoms with E-state index < -0.39 is 5.97 Å². The zero-order chi connectivity index (χ0) is 14.5. The predicted octanol–water partition coefficient (Wildman–Crippen LogP) is 2.61. The molecule has 5 heteroatoms. The molecule has 1 aromatic rings. The van der Waals surface area contributed by atoms with Crippen LogP contribution in [0, 0.1) is 11.7 Å². The highest BCUT2D eigenvalue weighted by atomic mass is 19.1. The minimum absolute atomic E-state index is 0.110. The molecule has 1 saturated heterocycles. The number of carboxylic acids is 1. The number of hydrogen-bond acceptors (Lipinski definition) is 3. The minimum Gasteiger partial charge on any atom is -0.508 e. The quantitative estimate of drug-likeness (QED) is 0.871. The molecule has 0 spiro atoms. The second-order valence-corrected chi connectivity index (χ2v) is 5.45. The highest BCUT2D eigenvalue weighted by Crippen LogP contribution is 2.25. The van der Waals surface area contributed by atoms with Gasteiger partial charge in [0, 0.05) is 25.1 Å². The zero-order valence-electron chi connectivity index (χ0n) is 11.4. The lowest BCUT2D eigenvalue weighted by molar-refractivity contribution is -0.137. The normalized spacial score (nSPS) is 19.9. The molecule has 1 aliphatic rings. The van der Waals surface area contributed by atoms with Crippen molar-refractivity contribution >= 4 is 5.97 Å². The fourth-order valence-corrected chi connectivity index (χ4v) is 2.78. The van der Waals surface area contributed by atoms with E-state index in [4.69, 9.17) is 5.11 Å². The van der Waals surface area contributed by atoms with E-state index in [0.717, 1.165) is 25.9 Å². The van der Waals surface area contributed by atoms with E-state index in [-0.39, 0.29) is 18.0 Å². The molecule has 1 aromatic carbocycles. The highest BCUT2D eigenvalue weighted by Gasteiger charge is 2.21. The number of carbonyl (C=O) groups is 1. The molecule has 0 amide bonds. The van der Waals surface area contributed by atoms with Crippen molar-refractivity contribution in [2.24, 2.45) is 5.92 Å². The van der Waals surface area contributed by atoms with Gasteiger partial charge in [-0.2, -0.15) is 0 Å². The van der Waals surface area contributed by atoms with Gasteiger partial charge in [0.25, 0.3) is 0 Å². The van der Waals surface area contributed by atoms with Crippen molar-refractivity contribution < 1.29 is 19.4 Å². The van der Waals surface area contributed by atoms with Gasteiger partial charge in [-0.25, -0.2) is 4.39 Å². The van der Waals surface area contributed by atoms with E-state index in [1.54, 1.807) is 0 Å². The van der Waals surface area contributed by atoms with Gasteiger partial charge in [0.2, 0.25) is 0 Å². The molecule has 20 heavy (non-hydrogen) atoms. The summed E-state index contributed by atoms with van der Waals surface area (Å²) in [6.45, 7) is 2.22. The molecule has 110 valence electrons. The van der Waals surface area contributed by atoms with Crippen LogP contribution in [0.5, 0.6) is 5.75 Å². The number of piperidine rings is 1. The molecule has 0 saturated carbocycles. The van der Waals surface area contributed by atoms with Gasteiger partial charge in [-0.15, -0.1) is 0 Å². The van der Waals surface area contributed by atoms with Crippen LogP contribution < -0.4 is 0 Å². The van der Waals surface area contributed by atoms with Crippen molar-refractivity contribution in [2.75, 3.05) is 13.1 Å². The molecule has 1 heterocycles.